The van der Waals surface area contributed by atoms with Crippen LogP contribution in [0, 0.1) is 6.92 Å². The summed E-state index contributed by atoms with van der Waals surface area (Å²) < 4.78 is 67.8. The molecular weight excluding hydrogens is 465 g/mol. The first kappa shape index (κ1) is 21.5. The van der Waals surface area contributed by atoms with Gasteiger partial charge in [0.15, 0.2) is 11.5 Å². The average molecular weight is 485 g/mol. The second-order valence-electron chi connectivity index (χ2n) is 7.86. The van der Waals surface area contributed by atoms with E-state index in [1.54, 1.807) is 13.8 Å². The zero-order chi connectivity index (χ0) is 22.8. The molecule has 4 aromatic rings. The summed E-state index contributed by atoms with van der Waals surface area (Å²) in [7, 11) is -3.30. The third-order valence-electron chi connectivity index (χ3n) is 5.78. The van der Waals surface area contributed by atoms with Crippen molar-refractivity contribution in [1.82, 2.24) is 28.9 Å². The van der Waals surface area contributed by atoms with Gasteiger partial charge in [-0.1, -0.05) is 0 Å². The van der Waals surface area contributed by atoms with Crippen molar-refractivity contribution in [3.05, 3.63) is 29.5 Å². The third kappa shape index (κ3) is 3.42. The van der Waals surface area contributed by atoms with Crippen molar-refractivity contribution >= 4 is 47.4 Å². The summed E-state index contributed by atoms with van der Waals surface area (Å²) in [5.41, 5.74) is 0.523. The van der Waals surface area contributed by atoms with Crippen LogP contribution in [-0.4, -0.2) is 56.1 Å². The highest BCUT2D eigenvalue weighted by Crippen LogP contribution is 2.39. The Labute approximate surface area is 185 Å². The molecule has 0 radical (unpaired) electrons. The number of hydrogen-bond donors (Lipinski definition) is 0. The Balaban J connectivity index is 1.62. The molecule has 8 nitrogen and oxygen atoms in total. The maximum atomic E-state index is 13.2. The van der Waals surface area contributed by atoms with Crippen LogP contribution >= 0.6 is 11.3 Å². The maximum Gasteiger partial charge on any atom is 0.433 e. The Morgan fingerprint density at radius 3 is 2.78 bits per heavy atom. The number of fused-ring (bicyclic) bond motifs is 5. The van der Waals surface area contributed by atoms with E-state index in [4.69, 9.17) is 0 Å². The molecule has 170 valence electrons. The number of alkyl halides is 3. The van der Waals surface area contributed by atoms with Crippen LogP contribution in [0.5, 0.6) is 0 Å². The summed E-state index contributed by atoms with van der Waals surface area (Å²) in [5, 5.41) is 5.08. The topological polar surface area (TPSA) is 93.4 Å². The van der Waals surface area contributed by atoms with Gasteiger partial charge in [-0.25, -0.2) is 32.2 Å². The number of nitrogens with zero attached hydrogens (tertiary/aromatic N) is 6. The van der Waals surface area contributed by atoms with Gasteiger partial charge in [0.1, 0.15) is 21.6 Å². The van der Waals surface area contributed by atoms with E-state index in [1.807, 2.05) is 0 Å². The molecule has 1 atom stereocenters. The smallest absolute Gasteiger partial charge is 0.234 e. The van der Waals surface area contributed by atoms with Crippen LogP contribution in [-0.2, 0) is 16.2 Å². The molecule has 0 N–H and O–H groups in total. The Kier molecular flexibility index (Phi) is 4.91. The highest BCUT2D eigenvalue weighted by molar-refractivity contribution is 7.89. The van der Waals surface area contributed by atoms with E-state index in [0.717, 1.165) is 23.8 Å². The fourth-order valence-electron chi connectivity index (χ4n) is 4.13. The van der Waals surface area contributed by atoms with E-state index < -0.39 is 21.9 Å². The molecule has 5 rings (SSSR count). The lowest BCUT2D eigenvalue weighted by Crippen LogP contribution is -2.40. The minimum Gasteiger partial charge on any atom is -0.234 e. The van der Waals surface area contributed by atoms with Crippen molar-refractivity contribution < 1.29 is 21.6 Å². The lowest BCUT2D eigenvalue weighted by Gasteiger charge is -2.30. The van der Waals surface area contributed by atoms with E-state index >= 15 is 0 Å². The van der Waals surface area contributed by atoms with Crippen molar-refractivity contribution in [3.8, 4) is 0 Å². The van der Waals surface area contributed by atoms with Crippen LogP contribution in [0.2, 0.25) is 0 Å². The first-order valence-corrected chi connectivity index (χ1v) is 12.5. The molecule has 1 unspecified atom stereocenters. The van der Waals surface area contributed by atoms with E-state index in [2.05, 4.69) is 20.1 Å². The largest absolute Gasteiger partial charge is 0.433 e. The first-order valence-electron chi connectivity index (χ1n) is 10.1. The predicted octanol–water partition coefficient (Wildman–Crippen LogP) is 3.74. The second kappa shape index (κ2) is 7.32. The van der Waals surface area contributed by atoms with Gasteiger partial charge in [-0.05, 0) is 38.3 Å². The number of sulfonamides is 1. The number of thiophene rings is 1. The van der Waals surface area contributed by atoms with Gasteiger partial charge in [-0.15, -0.1) is 16.4 Å². The molecule has 5 heterocycles. The van der Waals surface area contributed by atoms with Crippen molar-refractivity contribution in [2.45, 2.75) is 38.8 Å². The number of aromatic nitrogens is 5. The van der Waals surface area contributed by atoms with Crippen LogP contribution in [0.15, 0.2) is 12.4 Å². The fourth-order valence-corrected chi connectivity index (χ4v) is 6.49. The Morgan fingerprint density at radius 2 is 2.06 bits per heavy atom. The van der Waals surface area contributed by atoms with Gasteiger partial charge in [-0.3, -0.25) is 0 Å². The average Bonchev–Trinajstić information content (AvgIpc) is 3.34. The Bertz CT molecular complexity index is 1460. The summed E-state index contributed by atoms with van der Waals surface area (Å²) >= 11 is 1.10. The summed E-state index contributed by atoms with van der Waals surface area (Å²) in [4.78, 5) is 13.1. The third-order valence-corrected chi connectivity index (χ3v) is 8.70. The molecule has 32 heavy (non-hydrogen) atoms. The first-order chi connectivity index (χ1) is 15.1. The lowest BCUT2D eigenvalue weighted by molar-refractivity contribution is -0.141. The Morgan fingerprint density at radius 1 is 1.28 bits per heavy atom. The van der Waals surface area contributed by atoms with Gasteiger partial charge in [0.05, 0.1) is 11.3 Å². The summed E-state index contributed by atoms with van der Waals surface area (Å²) in [6.07, 6.45) is -1.59. The molecule has 0 aliphatic carbocycles. The summed E-state index contributed by atoms with van der Waals surface area (Å²) in [6.45, 7) is 4.02. The molecule has 1 saturated heterocycles. The van der Waals surface area contributed by atoms with Gasteiger partial charge >= 0.3 is 6.18 Å². The van der Waals surface area contributed by atoms with Crippen LogP contribution in [0.25, 0.3) is 26.1 Å². The number of rotatable bonds is 3. The zero-order valence-corrected chi connectivity index (χ0v) is 18.9. The summed E-state index contributed by atoms with van der Waals surface area (Å²) in [5.74, 6) is 0.385. The highest BCUT2D eigenvalue weighted by Gasteiger charge is 2.34. The lowest BCUT2D eigenvalue weighted by atomic mass is 9.99. The minimum atomic E-state index is -4.54. The monoisotopic (exact) mass is 484 g/mol. The second-order valence-corrected chi connectivity index (χ2v) is 11.1. The molecule has 0 saturated carbocycles. The van der Waals surface area contributed by atoms with Crippen molar-refractivity contribution in [3.63, 3.8) is 0 Å². The molecule has 0 bridgehead atoms. The Hall–Kier alpha value is -2.38. The standard InChI is InChI=1S/C19H19F3N6O2S2/c1-3-32(29,30)27-6-4-5-11(8-27)16-25-17-15-14(23-9-28(17)26-16)13-10(2)7-12(19(20,21)22)24-18(13)31-15/h7,9,11H,3-6,8H2,1-2H3. The number of piperidine rings is 1. The maximum absolute atomic E-state index is 13.2. The van der Waals surface area contributed by atoms with Crippen molar-refractivity contribution in [2.24, 2.45) is 0 Å². The van der Waals surface area contributed by atoms with E-state index in [9.17, 15) is 21.6 Å². The van der Waals surface area contributed by atoms with E-state index in [-0.39, 0.29) is 16.5 Å². The number of pyridine rings is 1. The molecular formula is C19H19F3N6O2S2. The van der Waals surface area contributed by atoms with Gasteiger partial charge in [0, 0.05) is 24.4 Å². The fraction of sp³-hybridized carbons (Fsp3) is 0.474. The molecule has 0 amide bonds. The van der Waals surface area contributed by atoms with E-state index in [0.29, 0.717) is 52.1 Å². The van der Waals surface area contributed by atoms with Gasteiger partial charge in [-0.2, -0.15) is 13.2 Å². The molecule has 0 aromatic carbocycles. The molecule has 1 aliphatic heterocycles. The van der Waals surface area contributed by atoms with Crippen LogP contribution in [0.1, 0.15) is 42.8 Å². The van der Waals surface area contributed by atoms with Gasteiger partial charge in [0.2, 0.25) is 10.0 Å². The van der Waals surface area contributed by atoms with Crippen molar-refractivity contribution in [1.29, 1.82) is 0 Å². The molecule has 4 aromatic heterocycles. The normalized spacial score (nSPS) is 18.8. The number of hydrogen-bond acceptors (Lipinski definition) is 7. The van der Waals surface area contributed by atoms with E-state index in [1.165, 1.54) is 15.1 Å². The molecule has 1 fully saturated rings. The van der Waals surface area contributed by atoms with Gasteiger partial charge < -0.3 is 0 Å². The SMILES string of the molecule is CCS(=O)(=O)N1CCCC(c2nc3c4sc5nc(C(F)(F)F)cc(C)c5c4ncn3n2)C1. The van der Waals surface area contributed by atoms with Crippen LogP contribution in [0.3, 0.4) is 0 Å². The highest BCUT2D eigenvalue weighted by atomic mass is 32.2. The molecule has 1 aliphatic rings. The summed E-state index contributed by atoms with van der Waals surface area (Å²) in [6, 6.07) is 1.03. The minimum absolute atomic E-state index is 0.0386. The quantitative estimate of drug-likeness (QED) is 0.440. The molecule has 0 spiro atoms. The number of aryl methyl sites for hydroxylation is 1. The number of halogens is 3. The zero-order valence-electron chi connectivity index (χ0n) is 17.2. The predicted molar refractivity (Wildman–Crippen MR) is 114 cm³/mol. The van der Waals surface area contributed by atoms with Crippen LogP contribution < -0.4 is 0 Å². The molecule has 13 heteroatoms. The van der Waals surface area contributed by atoms with Crippen molar-refractivity contribution in [2.75, 3.05) is 18.8 Å². The van der Waals surface area contributed by atoms with Crippen LogP contribution in [0.4, 0.5) is 13.2 Å². The van der Waals surface area contributed by atoms with Gasteiger partial charge in [0.25, 0.3) is 0 Å².